The summed E-state index contributed by atoms with van der Waals surface area (Å²) in [6, 6.07) is 2.97. The molecule has 4 N–H and O–H groups in total. The number of nitrogens with one attached hydrogen (secondary N) is 2. The lowest BCUT2D eigenvalue weighted by Crippen LogP contribution is -2.53. The number of halogens is 1. The number of primary amides is 1. The van der Waals surface area contributed by atoms with Crippen LogP contribution in [0, 0.1) is 17.7 Å². The summed E-state index contributed by atoms with van der Waals surface area (Å²) in [7, 11) is 1.51. The molecule has 2 saturated heterocycles. The third kappa shape index (κ3) is 2.74. The second-order valence-corrected chi connectivity index (χ2v) is 7.55. The van der Waals surface area contributed by atoms with E-state index in [0.29, 0.717) is 18.7 Å². The Bertz CT molecular complexity index is 922. The Balaban J connectivity index is 1.80. The first-order chi connectivity index (χ1) is 13.8. The summed E-state index contributed by atoms with van der Waals surface area (Å²) in [6.45, 7) is 0.491. The average Bonchev–Trinajstić information content (AvgIpc) is 3.22. The fourth-order valence-corrected chi connectivity index (χ4v) is 4.81. The normalized spacial score (nSPS) is 30.1. The lowest BCUT2D eigenvalue weighted by Gasteiger charge is -2.29. The first kappa shape index (κ1) is 19.5. The highest BCUT2D eigenvalue weighted by atomic mass is 19.1. The van der Waals surface area contributed by atoms with Gasteiger partial charge in [0.15, 0.2) is 0 Å². The van der Waals surface area contributed by atoms with Gasteiger partial charge < -0.3 is 15.8 Å². The van der Waals surface area contributed by atoms with Crippen molar-refractivity contribution in [1.82, 2.24) is 10.2 Å². The van der Waals surface area contributed by atoms with Crippen LogP contribution in [0.4, 0.5) is 10.1 Å². The summed E-state index contributed by atoms with van der Waals surface area (Å²) in [5, 5.41) is 5.67. The van der Waals surface area contributed by atoms with Crippen LogP contribution in [0.2, 0.25) is 0 Å². The Morgan fingerprint density at radius 1 is 1.31 bits per heavy atom. The van der Waals surface area contributed by atoms with Crippen LogP contribution in [0.5, 0.6) is 0 Å². The van der Waals surface area contributed by atoms with E-state index in [-0.39, 0.29) is 18.5 Å². The molecule has 10 heteroatoms. The van der Waals surface area contributed by atoms with Crippen LogP contribution in [-0.4, -0.2) is 54.8 Å². The number of nitrogens with zero attached hydrogens (tertiary/aromatic N) is 1. The van der Waals surface area contributed by atoms with Gasteiger partial charge in [-0.3, -0.25) is 29.4 Å². The molecule has 9 nitrogen and oxygen atoms in total. The fraction of sp³-hybridized carbons (Fsp3) is 0.474. The summed E-state index contributed by atoms with van der Waals surface area (Å²) in [4.78, 5) is 52.1. The molecule has 3 aliphatic rings. The van der Waals surface area contributed by atoms with Crippen LogP contribution in [0.25, 0.3) is 0 Å². The van der Waals surface area contributed by atoms with Crippen LogP contribution in [0.1, 0.15) is 18.4 Å². The molecule has 29 heavy (non-hydrogen) atoms. The minimum absolute atomic E-state index is 0.134. The van der Waals surface area contributed by atoms with Gasteiger partial charge in [-0.1, -0.05) is 0 Å². The fourth-order valence-electron chi connectivity index (χ4n) is 4.81. The smallest absolute Gasteiger partial charge is 0.250 e. The van der Waals surface area contributed by atoms with Gasteiger partial charge in [-0.05, 0) is 24.6 Å². The van der Waals surface area contributed by atoms with Crippen LogP contribution >= 0.6 is 0 Å². The molecule has 3 aliphatic heterocycles. The Hall–Kier alpha value is -2.85. The topological polar surface area (TPSA) is 131 Å². The number of hydrogen-bond donors (Lipinski definition) is 3. The van der Waals surface area contributed by atoms with Crippen molar-refractivity contribution in [3.8, 4) is 0 Å². The number of nitrogens with two attached hydrogens (primary N) is 1. The lowest BCUT2D eigenvalue weighted by atomic mass is 9.76. The zero-order chi connectivity index (χ0) is 20.9. The molecule has 0 aliphatic carbocycles. The van der Waals surface area contributed by atoms with Crippen molar-refractivity contribution in [3.63, 3.8) is 0 Å². The van der Waals surface area contributed by atoms with Crippen molar-refractivity contribution in [2.45, 2.75) is 24.4 Å². The number of carbonyl (C=O) groups excluding carboxylic acids is 4. The van der Waals surface area contributed by atoms with Gasteiger partial charge in [-0.2, -0.15) is 0 Å². The molecule has 4 atom stereocenters. The minimum Gasteiger partial charge on any atom is -0.385 e. The summed E-state index contributed by atoms with van der Waals surface area (Å²) in [5.41, 5.74) is 4.32. The molecule has 4 rings (SSSR count). The quantitative estimate of drug-likeness (QED) is 0.431. The lowest BCUT2D eigenvalue weighted by molar-refractivity contribution is -0.143. The van der Waals surface area contributed by atoms with E-state index in [9.17, 15) is 23.6 Å². The molecule has 0 radical (unpaired) electrons. The molecular weight excluding hydrogens is 383 g/mol. The number of amides is 4. The summed E-state index contributed by atoms with van der Waals surface area (Å²) in [6.07, 6.45) is 0.206. The number of ether oxygens (including phenoxy) is 1. The Labute approximate surface area is 165 Å². The van der Waals surface area contributed by atoms with Gasteiger partial charge in [0.1, 0.15) is 11.4 Å². The number of imide groups is 1. The first-order valence-corrected chi connectivity index (χ1v) is 9.33. The summed E-state index contributed by atoms with van der Waals surface area (Å²) < 4.78 is 19.0. The number of benzene rings is 1. The number of anilines is 1. The SMILES string of the molecule is COCCCN1C(=O)[C@H]2[C@@H](C1=O)[C@]1(N[C@@H]2CC(N)=O)C(=O)Nc2ccc(F)cc21. The van der Waals surface area contributed by atoms with Crippen molar-refractivity contribution in [3.05, 3.63) is 29.6 Å². The van der Waals surface area contributed by atoms with Crippen LogP contribution in [0.3, 0.4) is 0 Å². The standard InChI is InChI=1S/C19H21FN4O5/c1-29-6-2-5-24-16(26)14-12(8-13(21)25)23-19(15(14)17(24)27)10-7-9(20)3-4-11(10)22-18(19)28/h3-4,7,12,14-15,23H,2,5-6,8H2,1H3,(H2,21,25)(H,22,28)/t12-,14-,15+,19+/m1/s1. The Kier molecular flexibility index (Phi) is 4.62. The van der Waals surface area contributed by atoms with E-state index in [1.54, 1.807) is 0 Å². The van der Waals surface area contributed by atoms with Gasteiger partial charge in [-0.15, -0.1) is 0 Å². The van der Waals surface area contributed by atoms with E-state index >= 15 is 0 Å². The van der Waals surface area contributed by atoms with Gasteiger partial charge in [0, 0.05) is 44.0 Å². The third-order valence-corrected chi connectivity index (χ3v) is 5.92. The van der Waals surface area contributed by atoms with E-state index in [1.165, 1.54) is 25.3 Å². The van der Waals surface area contributed by atoms with Crippen molar-refractivity contribution < 1.29 is 28.3 Å². The predicted molar refractivity (Wildman–Crippen MR) is 97.6 cm³/mol. The molecule has 4 amide bonds. The highest BCUT2D eigenvalue weighted by Crippen LogP contribution is 2.53. The molecule has 0 unspecified atom stereocenters. The highest BCUT2D eigenvalue weighted by molar-refractivity contribution is 6.15. The van der Waals surface area contributed by atoms with E-state index in [1.807, 2.05) is 0 Å². The largest absolute Gasteiger partial charge is 0.385 e. The van der Waals surface area contributed by atoms with Crippen molar-refractivity contribution >= 4 is 29.3 Å². The molecule has 3 heterocycles. The average molecular weight is 404 g/mol. The number of fused-ring (bicyclic) bond motifs is 4. The van der Waals surface area contributed by atoms with E-state index in [0.717, 1.165) is 4.90 Å². The zero-order valence-electron chi connectivity index (χ0n) is 15.7. The van der Waals surface area contributed by atoms with Crippen molar-refractivity contribution in [2.75, 3.05) is 25.6 Å². The zero-order valence-corrected chi connectivity index (χ0v) is 15.7. The molecule has 1 aromatic rings. The van der Waals surface area contributed by atoms with Crippen LogP contribution in [-0.2, 0) is 29.5 Å². The maximum atomic E-state index is 14.0. The number of carbonyl (C=O) groups is 4. The van der Waals surface area contributed by atoms with Crippen LogP contribution < -0.4 is 16.4 Å². The second-order valence-electron chi connectivity index (χ2n) is 7.55. The molecule has 0 bridgehead atoms. The van der Waals surface area contributed by atoms with Crippen molar-refractivity contribution in [2.24, 2.45) is 17.6 Å². The third-order valence-electron chi connectivity index (χ3n) is 5.92. The summed E-state index contributed by atoms with van der Waals surface area (Å²) in [5.74, 6) is -4.84. The number of likely N-dealkylation sites (tertiary alicyclic amines) is 1. The van der Waals surface area contributed by atoms with Crippen LogP contribution in [0.15, 0.2) is 18.2 Å². The monoisotopic (exact) mass is 404 g/mol. The second kappa shape index (κ2) is 6.89. The Morgan fingerprint density at radius 2 is 2.07 bits per heavy atom. The van der Waals surface area contributed by atoms with Gasteiger partial charge in [0.05, 0.1) is 11.8 Å². The van der Waals surface area contributed by atoms with E-state index in [4.69, 9.17) is 10.5 Å². The molecule has 2 fully saturated rings. The molecular formula is C19H21FN4O5. The van der Waals surface area contributed by atoms with Gasteiger partial charge >= 0.3 is 0 Å². The predicted octanol–water partition coefficient (Wildman–Crippen LogP) is -0.542. The number of rotatable bonds is 6. The molecule has 0 saturated carbocycles. The molecule has 154 valence electrons. The molecule has 1 spiro atoms. The van der Waals surface area contributed by atoms with Gasteiger partial charge in [-0.25, -0.2) is 4.39 Å². The van der Waals surface area contributed by atoms with E-state index in [2.05, 4.69) is 10.6 Å². The molecule has 0 aromatic heterocycles. The highest BCUT2D eigenvalue weighted by Gasteiger charge is 2.70. The maximum Gasteiger partial charge on any atom is 0.250 e. The van der Waals surface area contributed by atoms with E-state index < -0.39 is 52.9 Å². The minimum atomic E-state index is -1.63. The van der Waals surface area contributed by atoms with Gasteiger partial charge in [0.2, 0.25) is 23.6 Å². The van der Waals surface area contributed by atoms with Gasteiger partial charge in [0.25, 0.3) is 0 Å². The van der Waals surface area contributed by atoms with Crippen molar-refractivity contribution in [1.29, 1.82) is 0 Å². The summed E-state index contributed by atoms with van der Waals surface area (Å²) >= 11 is 0. The number of hydrogen-bond acceptors (Lipinski definition) is 6. The maximum absolute atomic E-state index is 14.0. The first-order valence-electron chi connectivity index (χ1n) is 9.33. The molecule has 1 aromatic carbocycles. The number of methoxy groups -OCH3 is 1. The Morgan fingerprint density at radius 3 is 2.76 bits per heavy atom.